The van der Waals surface area contributed by atoms with Crippen molar-refractivity contribution in [2.75, 3.05) is 0 Å². The van der Waals surface area contributed by atoms with E-state index >= 15 is 0 Å². The lowest BCUT2D eigenvalue weighted by Crippen LogP contribution is -1.99. The number of aliphatic carboxylic acids is 1. The predicted molar refractivity (Wildman–Crippen MR) is 85.1 cm³/mol. The maximum Gasteiger partial charge on any atom is 0.307 e. The summed E-state index contributed by atoms with van der Waals surface area (Å²) >= 11 is 0. The lowest BCUT2D eigenvalue weighted by molar-refractivity contribution is -0.136. The van der Waals surface area contributed by atoms with Gasteiger partial charge in [0, 0.05) is 17.1 Å². The van der Waals surface area contributed by atoms with Gasteiger partial charge in [0.1, 0.15) is 12.4 Å². The van der Waals surface area contributed by atoms with Crippen LogP contribution in [0.1, 0.15) is 16.7 Å². The van der Waals surface area contributed by atoms with Gasteiger partial charge in [-0.05, 0) is 35.7 Å². The van der Waals surface area contributed by atoms with Crippen LogP contribution in [0.4, 0.5) is 0 Å². The average Bonchev–Trinajstić information content (AvgIpc) is 2.87. The Morgan fingerprint density at radius 3 is 2.73 bits per heavy atom. The van der Waals surface area contributed by atoms with Gasteiger partial charge in [-0.25, -0.2) is 0 Å². The standard InChI is InChI=1S/C18H17NO3/c1-12-7-16-15(14(10-19-16)8-18(20)21)9-17(12)22-11-13-5-3-2-4-6-13/h2-7,9-10,19H,8,11H2,1H3,(H,20,21). The molecule has 0 radical (unpaired) electrons. The van der Waals surface area contributed by atoms with E-state index in [2.05, 4.69) is 4.98 Å². The number of H-pyrrole nitrogens is 1. The first-order chi connectivity index (χ1) is 10.6. The highest BCUT2D eigenvalue weighted by Gasteiger charge is 2.11. The fourth-order valence-electron chi connectivity index (χ4n) is 2.52. The van der Waals surface area contributed by atoms with E-state index in [1.807, 2.05) is 49.4 Å². The van der Waals surface area contributed by atoms with E-state index < -0.39 is 5.97 Å². The van der Waals surface area contributed by atoms with Gasteiger partial charge in [-0.15, -0.1) is 0 Å². The molecule has 1 aromatic heterocycles. The minimum Gasteiger partial charge on any atom is -0.489 e. The number of aryl methyl sites for hydroxylation is 1. The highest BCUT2D eigenvalue weighted by molar-refractivity contribution is 5.88. The van der Waals surface area contributed by atoms with Gasteiger partial charge >= 0.3 is 5.97 Å². The summed E-state index contributed by atoms with van der Waals surface area (Å²) in [4.78, 5) is 14.0. The number of ether oxygens (including phenoxy) is 1. The molecule has 0 aliphatic rings. The number of carboxylic acids is 1. The Bertz CT molecular complexity index is 806. The summed E-state index contributed by atoms with van der Waals surface area (Å²) in [6.07, 6.45) is 1.75. The largest absolute Gasteiger partial charge is 0.489 e. The molecule has 0 spiro atoms. The quantitative estimate of drug-likeness (QED) is 0.754. The van der Waals surface area contributed by atoms with Crippen LogP contribution in [-0.2, 0) is 17.8 Å². The van der Waals surface area contributed by atoms with Crippen molar-refractivity contribution in [3.63, 3.8) is 0 Å². The molecule has 3 rings (SSSR count). The van der Waals surface area contributed by atoms with Crippen LogP contribution in [-0.4, -0.2) is 16.1 Å². The van der Waals surface area contributed by atoms with E-state index in [1.165, 1.54) is 0 Å². The van der Waals surface area contributed by atoms with Gasteiger partial charge in [-0.1, -0.05) is 30.3 Å². The first kappa shape index (κ1) is 14.2. The highest BCUT2D eigenvalue weighted by atomic mass is 16.5. The average molecular weight is 295 g/mol. The Hall–Kier alpha value is -2.75. The molecule has 2 aromatic carbocycles. The fraction of sp³-hybridized carbons (Fsp3) is 0.167. The van der Waals surface area contributed by atoms with Gasteiger partial charge in [-0.3, -0.25) is 4.79 Å². The zero-order valence-corrected chi connectivity index (χ0v) is 12.3. The number of carboxylic acid groups (broad SMARTS) is 1. The molecular formula is C18H17NO3. The van der Waals surface area contributed by atoms with Crippen molar-refractivity contribution in [2.24, 2.45) is 0 Å². The monoisotopic (exact) mass is 295 g/mol. The number of aromatic amines is 1. The molecule has 0 aliphatic heterocycles. The van der Waals surface area contributed by atoms with E-state index in [1.54, 1.807) is 6.20 Å². The van der Waals surface area contributed by atoms with Crippen LogP contribution in [0.25, 0.3) is 10.9 Å². The van der Waals surface area contributed by atoms with Crippen molar-refractivity contribution >= 4 is 16.9 Å². The van der Waals surface area contributed by atoms with Crippen LogP contribution in [0.5, 0.6) is 5.75 Å². The fourth-order valence-corrected chi connectivity index (χ4v) is 2.52. The van der Waals surface area contributed by atoms with Crippen LogP contribution >= 0.6 is 0 Å². The van der Waals surface area contributed by atoms with Crippen LogP contribution in [0.3, 0.4) is 0 Å². The molecule has 0 fully saturated rings. The summed E-state index contributed by atoms with van der Waals surface area (Å²) in [5.74, 6) is -0.0594. The normalized spacial score (nSPS) is 10.8. The molecule has 3 aromatic rings. The Morgan fingerprint density at radius 2 is 2.00 bits per heavy atom. The number of hydrogen-bond acceptors (Lipinski definition) is 2. The van der Waals surface area contributed by atoms with Gasteiger partial charge in [0.25, 0.3) is 0 Å². The van der Waals surface area contributed by atoms with Gasteiger partial charge in [0.05, 0.1) is 6.42 Å². The molecule has 2 N–H and O–H groups in total. The number of fused-ring (bicyclic) bond motifs is 1. The minimum atomic E-state index is -0.840. The molecule has 4 nitrogen and oxygen atoms in total. The second-order valence-corrected chi connectivity index (χ2v) is 5.32. The van der Waals surface area contributed by atoms with Crippen molar-refractivity contribution in [2.45, 2.75) is 20.0 Å². The van der Waals surface area contributed by atoms with Gasteiger partial charge < -0.3 is 14.8 Å². The third-order valence-corrected chi connectivity index (χ3v) is 3.64. The van der Waals surface area contributed by atoms with Gasteiger partial charge in [0.15, 0.2) is 0 Å². The molecule has 0 bridgehead atoms. The van der Waals surface area contributed by atoms with Crippen molar-refractivity contribution < 1.29 is 14.6 Å². The van der Waals surface area contributed by atoms with Crippen LogP contribution in [0.15, 0.2) is 48.7 Å². The van der Waals surface area contributed by atoms with Gasteiger partial charge in [0.2, 0.25) is 0 Å². The molecule has 4 heteroatoms. The Balaban J connectivity index is 1.88. The lowest BCUT2D eigenvalue weighted by Gasteiger charge is -2.10. The molecule has 0 saturated carbocycles. The summed E-state index contributed by atoms with van der Waals surface area (Å²) in [5, 5.41) is 9.87. The Morgan fingerprint density at radius 1 is 1.23 bits per heavy atom. The predicted octanol–water partition coefficient (Wildman–Crippen LogP) is 3.68. The molecule has 0 unspecified atom stereocenters. The number of benzene rings is 2. The van der Waals surface area contributed by atoms with Crippen molar-refractivity contribution in [3.05, 3.63) is 65.4 Å². The van der Waals surface area contributed by atoms with Crippen LogP contribution < -0.4 is 4.74 Å². The minimum absolute atomic E-state index is 0.00118. The summed E-state index contributed by atoms with van der Waals surface area (Å²) in [6.45, 7) is 2.48. The number of rotatable bonds is 5. The molecule has 0 saturated heterocycles. The van der Waals surface area contributed by atoms with Crippen molar-refractivity contribution in [3.8, 4) is 5.75 Å². The second-order valence-electron chi connectivity index (χ2n) is 5.32. The SMILES string of the molecule is Cc1cc2[nH]cc(CC(=O)O)c2cc1OCc1ccccc1. The molecule has 112 valence electrons. The molecule has 0 aliphatic carbocycles. The molecular weight excluding hydrogens is 278 g/mol. The lowest BCUT2D eigenvalue weighted by atomic mass is 10.1. The van der Waals surface area contributed by atoms with Crippen LogP contribution in [0, 0.1) is 6.92 Å². The summed E-state index contributed by atoms with van der Waals surface area (Å²) in [7, 11) is 0. The smallest absolute Gasteiger partial charge is 0.307 e. The van der Waals surface area contributed by atoms with Crippen LogP contribution in [0.2, 0.25) is 0 Å². The number of nitrogens with one attached hydrogen (secondary N) is 1. The Labute approximate surface area is 128 Å². The van der Waals surface area contributed by atoms with Crippen molar-refractivity contribution in [1.29, 1.82) is 0 Å². The van der Waals surface area contributed by atoms with E-state index in [9.17, 15) is 4.79 Å². The zero-order chi connectivity index (χ0) is 15.5. The van der Waals surface area contributed by atoms with E-state index in [0.717, 1.165) is 33.3 Å². The second kappa shape index (κ2) is 5.93. The van der Waals surface area contributed by atoms with E-state index in [4.69, 9.17) is 9.84 Å². The summed E-state index contributed by atoms with van der Waals surface area (Å²) in [5.41, 5.74) is 3.82. The first-order valence-electron chi connectivity index (χ1n) is 7.12. The molecule has 22 heavy (non-hydrogen) atoms. The topological polar surface area (TPSA) is 62.3 Å². The first-order valence-corrected chi connectivity index (χ1v) is 7.12. The molecule has 0 atom stereocenters. The third-order valence-electron chi connectivity index (χ3n) is 3.64. The third kappa shape index (κ3) is 2.96. The number of hydrogen-bond donors (Lipinski definition) is 2. The molecule has 0 amide bonds. The highest BCUT2D eigenvalue weighted by Crippen LogP contribution is 2.28. The zero-order valence-electron chi connectivity index (χ0n) is 12.3. The van der Waals surface area contributed by atoms with E-state index in [0.29, 0.717) is 6.61 Å². The van der Waals surface area contributed by atoms with Gasteiger partial charge in [-0.2, -0.15) is 0 Å². The maximum atomic E-state index is 10.9. The Kier molecular flexibility index (Phi) is 3.83. The van der Waals surface area contributed by atoms with Crippen molar-refractivity contribution in [1.82, 2.24) is 4.98 Å². The maximum absolute atomic E-state index is 10.9. The van der Waals surface area contributed by atoms with E-state index in [-0.39, 0.29) is 6.42 Å². The number of aromatic nitrogens is 1. The summed E-state index contributed by atoms with van der Waals surface area (Å²) in [6, 6.07) is 13.9. The molecule has 1 heterocycles. The summed E-state index contributed by atoms with van der Waals surface area (Å²) < 4.78 is 5.90. The number of carbonyl (C=O) groups is 1.